The van der Waals surface area contributed by atoms with Crippen LogP contribution in [0.4, 0.5) is 0 Å². The molecular weight excluding hydrogens is 342 g/mol. The Kier molecular flexibility index (Phi) is 6.99. The molecule has 2 rings (SSSR count). The second kappa shape index (κ2) is 9.21. The maximum atomic E-state index is 10.8. The van der Waals surface area contributed by atoms with Gasteiger partial charge in [-0.1, -0.05) is 12.1 Å². The van der Waals surface area contributed by atoms with E-state index >= 15 is 0 Å². The number of nitrogens with zero attached hydrogens (tertiary/aromatic N) is 1. The third-order valence-corrected chi connectivity index (χ3v) is 4.73. The highest BCUT2D eigenvalue weighted by molar-refractivity contribution is 5.86. The molecule has 5 heteroatoms. The molecule has 0 amide bonds. The van der Waals surface area contributed by atoms with Crippen molar-refractivity contribution in [3.63, 3.8) is 0 Å². The summed E-state index contributed by atoms with van der Waals surface area (Å²) in [7, 11) is 0. The third kappa shape index (κ3) is 4.88. The monoisotopic (exact) mass is 369 g/mol. The molecule has 0 unspecified atom stereocenters. The van der Waals surface area contributed by atoms with E-state index in [4.69, 9.17) is 4.74 Å². The van der Waals surface area contributed by atoms with Crippen molar-refractivity contribution in [2.45, 2.75) is 47.0 Å². The van der Waals surface area contributed by atoms with Gasteiger partial charge in [0.25, 0.3) is 0 Å². The number of phenols is 2. The fourth-order valence-electron chi connectivity index (χ4n) is 3.04. The number of unbranched alkanes of at least 4 members (excludes halogenated alkanes) is 2. The van der Waals surface area contributed by atoms with Gasteiger partial charge in [0.1, 0.15) is 11.5 Å². The predicted molar refractivity (Wildman–Crippen MR) is 106 cm³/mol. The minimum Gasteiger partial charge on any atom is -0.507 e. The Morgan fingerprint density at radius 3 is 2.44 bits per heavy atom. The Labute approximate surface area is 160 Å². The highest BCUT2D eigenvalue weighted by atomic mass is 16.5. The average Bonchev–Trinajstić information content (AvgIpc) is 2.66. The summed E-state index contributed by atoms with van der Waals surface area (Å²) in [5, 5.41) is 21.3. The van der Waals surface area contributed by atoms with E-state index in [1.165, 1.54) is 6.92 Å². The number of pyridine rings is 1. The largest absolute Gasteiger partial charge is 0.507 e. The molecule has 0 fully saturated rings. The number of allylic oxidation sites excluding steroid dienone is 1. The van der Waals surface area contributed by atoms with Crippen molar-refractivity contribution in [1.82, 2.24) is 4.98 Å². The van der Waals surface area contributed by atoms with Crippen LogP contribution in [0.3, 0.4) is 0 Å². The summed E-state index contributed by atoms with van der Waals surface area (Å²) in [5.74, 6) is 0.107. The molecule has 27 heavy (non-hydrogen) atoms. The molecule has 0 spiro atoms. The van der Waals surface area contributed by atoms with Crippen molar-refractivity contribution >= 4 is 11.5 Å². The fraction of sp³-hybridized carbons (Fsp3) is 0.364. The molecule has 1 aromatic heterocycles. The van der Waals surface area contributed by atoms with Gasteiger partial charge in [-0.3, -0.25) is 9.78 Å². The first kappa shape index (κ1) is 20.5. The van der Waals surface area contributed by atoms with Gasteiger partial charge in [0.15, 0.2) is 0 Å². The summed E-state index contributed by atoms with van der Waals surface area (Å²) in [4.78, 5) is 15.0. The number of phenolic OH excluding ortho intramolecular Hbond substituents is 2. The number of aromatic nitrogens is 1. The van der Waals surface area contributed by atoms with Gasteiger partial charge in [0, 0.05) is 36.0 Å². The molecule has 144 valence electrons. The first-order valence-electron chi connectivity index (χ1n) is 9.10. The molecule has 0 aliphatic carbocycles. The Balaban J connectivity index is 2.38. The standard InChI is InChI=1S/C22H27NO4/c1-14-15(2)22(26)20(16(3)21(14)25)19(18-9-8-11-23-13-18)10-6-5-7-12-27-17(4)24/h8-11,13,25-26H,5-7,12H2,1-4H3/b19-10+. The second-order valence-electron chi connectivity index (χ2n) is 6.64. The summed E-state index contributed by atoms with van der Waals surface area (Å²) in [6, 6.07) is 3.78. The molecule has 0 aliphatic heterocycles. The van der Waals surface area contributed by atoms with E-state index in [9.17, 15) is 15.0 Å². The first-order valence-corrected chi connectivity index (χ1v) is 9.10. The van der Waals surface area contributed by atoms with Crippen LogP contribution in [0.15, 0.2) is 30.6 Å². The SMILES string of the molecule is CC(=O)OCCCC/C=C(\c1cccnc1)c1c(C)c(O)c(C)c(C)c1O. The Morgan fingerprint density at radius 1 is 1.11 bits per heavy atom. The minimum absolute atomic E-state index is 0.179. The van der Waals surface area contributed by atoms with E-state index in [0.29, 0.717) is 28.9 Å². The number of hydrogen-bond donors (Lipinski definition) is 2. The number of aromatic hydroxyl groups is 2. The van der Waals surface area contributed by atoms with Crippen molar-refractivity contribution in [3.8, 4) is 11.5 Å². The lowest BCUT2D eigenvalue weighted by Gasteiger charge is -2.18. The third-order valence-electron chi connectivity index (χ3n) is 4.73. The van der Waals surface area contributed by atoms with E-state index in [1.54, 1.807) is 26.2 Å². The Morgan fingerprint density at radius 2 is 1.81 bits per heavy atom. The predicted octanol–water partition coefficient (Wildman–Crippen LogP) is 4.58. The average molecular weight is 369 g/mol. The molecule has 0 radical (unpaired) electrons. The van der Waals surface area contributed by atoms with E-state index in [1.807, 2.05) is 25.1 Å². The van der Waals surface area contributed by atoms with Crippen LogP contribution in [0.5, 0.6) is 11.5 Å². The lowest BCUT2D eigenvalue weighted by Crippen LogP contribution is -2.00. The molecule has 0 saturated heterocycles. The van der Waals surface area contributed by atoms with Gasteiger partial charge < -0.3 is 14.9 Å². The van der Waals surface area contributed by atoms with Gasteiger partial charge in [0.2, 0.25) is 0 Å². The maximum absolute atomic E-state index is 10.8. The molecular formula is C22H27NO4. The van der Waals surface area contributed by atoms with Crippen LogP contribution >= 0.6 is 0 Å². The van der Waals surface area contributed by atoms with Gasteiger partial charge in [-0.15, -0.1) is 0 Å². The van der Waals surface area contributed by atoms with Gasteiger partial charge in [0.05, 0.1) is 6.61 Å². The van der Waals surface area contributed by atoms with Crippen molar-refractivity contribution in [1.29, 1.82) is 0 Å². The first-order chi connectivity index (χ1) is 12.8. The number of benzene rings is 1. The zero-order chi connectivity index (χ0) is 20.0. The highest BCUT2D eigenvalue weighted by Gasteiger charge is 2.20. The topological polar surface area (TPSA) is 79.7 Å². The zero-order valence-corrected chi connectivity index (χ0v) is 16.4. The number of carbonyl (C=O) groups excluding carboxylic acids is 1. The van der Waals surface area contributed by atoms with Crippen LogP contribution in [-0.4, -0.2) is 27.8 Å². The van der Waals surface area contributed by atoms with Gasteiger partial charge in [-0.25, -0.2) is 0 Å². The second-order valence-corrected chi connectivity index (χ2v) is 6.64. The lowest BCUT2D eigenvalue weighted by molar-refractivity contribution is -0.141. The number of esters is 1. The fourth-order valence-corrected chi connectivity index (χ4v) is 3.04. The molecule has 0 saturated carbocycles. The summed E-state index contributed by atoms with van der Waals surface area (Å²) < 4.78 is 4.96. The Hall–Kier alpha value is -2.82. The Bertz CT molecular complexity index is 812. The molecule has 5 nitrogen and oxygen atoms in total. The van der Waals surface area contributed by atoms with Crippen molar-refractivity contribution in [2.75, 3.05) is 6.61 Å². The summed E-state index contributed by atoms with van der Waals surface area (Å²) >= 11 is 0. The summed E-state index contributed by atoms with van der Waals surface area (Å²) in [5.41, 5.74) is 4.33. The van der Waals surface area contributed by atoms with Crippen LogP contribution in [-0.2, 0) is 9.53 Å². The van der Waals surface area contributed by atoms with Crippen LogP contribution in [0.25, 0.3) is 5.57 Å². The summed E-state index contributed by atoms with van der Waals surface area (Å²) in [6.45, 7) is 7.21. The van der Waals surface area contributed by atoms with E-state index in [0.717, 1.165) is 30.4 Å². The van der Waals surface area contributed by atoms with Gasteiger partial charge in [-0.2, -0.15) is 0 Å². The number of rotatable bonds is 7. The van der Waals surface area contributed by atoms with Crippen molar-refractivity contribution < 1.29 is 19.7 Å². The lowest BCUT2D eigenvalue weighted by atomic mass is 9.89. The molecule has 1 aromatic carbocycles. The van der Waals surface area contributed by atoms with E-state index in [-0.39, 0.29) is 17.5 Å². The normalized spacial score (nSPS) is 11.5. The minimum atomic E-state index is -0.271. The molecule has 0 aliphatic rings. The maximum Gasteiger partial charge on any atom is 0.302 e. The van der Waals surface area contributed by atoms with Crippen LogP contribution in [0.2, 0.25) is 0 Å². The van der Waals surface area contributed by atoms with Crippen molar-refractivity contribution in [3.05, 3.63) is 58.4 Å². The molecule has 2 N–H and O–H groups in total. The highest BCUT2D eigenvalue weighted by Crippen LogP contribution is 2.42. The number of carbonyl (C=O) groups is 1. The quantitative estimate of drug-likeness (QED) is 0.424. The van der Waals surface area contributed by atoms with Crippen LogP contribution < -0.4 is 0 Å². The van der Waals surface area contributed by atoms with Crippen LogP contribution in [0.1, 0.15) is 54.0 Å². The zero-order valence-electron chi connectivity index (χ0n) is 16.4. The van der Waals surface area contributed by atoms with E-state index in [2.05, 4.69) is 4.98 Å². The van der Waals surface area contributed by atoms with Crippen molar-refractivity contribution in [2.24, 2.45) is 0 Å². The van der Waals surface area contributed by atoms with Crippen LogP contribution in [0, 0.1) is 20.8 Å². The molecule has 2 aromatic rings. The van der Waals surface area contributed by atoms with E-state index < -0.39 is 0 Å². The smallest absolute Gasteiger partial charge is 0.302 e. The number of ether oxygens (including phenoxy) is 1. The van der Waals surface area contributed by atoms with Gasteiger partial charge >= 0.3 is 5.97 Å². The molecule has 0 bridgehead atoms. The number of hydrogen-bond acceptors (Lipinski definition) is 5. The summed E-state index contributed by atoms with van der Waals surface area (Å²) in [6.07, 6.45) is 7.84. The van der Waals surface area contributed by atoms with Gasteiger partial charge in [-0.05, 0) is 62.8 Å². The molecule has 0 atom stereocenters. The molecule has 1 heterocycles.